The molecule has 0 aliphatic carbocycles. The van der Waals surface area contributed by atoms with Crippen LogP contribution in [0.25, 0.3) is 0 Å². The van der Waals surface area contributed by atoms with Gasteiger partial charge in [-0.25, -0.2) is 9.37 Å². The van der Waals surface area contributed by atoms with Crippen LogP contribution >= 0.6 is 0 Å². The Morgan fingerprint density at radius 2 is 1.74 bits per heavy atom. The number of hydrogen-bond donors (Lipinski definition) is 2. The molecule has 1 aliphatic rings. The first kappa shape index (κ1) is 32.7. The van der Waals surface area contributed by atoms with Crippen LogP contribution in [0.15, 0.2) is 60.8 Å². The van der Waals surface area contributed by atoms with E-state index in [9.17, 15) is 9.18 Å². The van der Waals surface area contributed by atoms with Gasteiger partial charge in [0.05, 0.1) is 7.11 Å². The highest BCUT2D eigenvalue weighted by Gasteiger charge is 2.21. The third-order valence-electron chi connectivity index (χ3n) is 7.99. The van der Waals surface area contributed by atoms with Crippen LogP contribution in [0.1, 0.15) is 59.7 Å². The normalized spacial score (nSPS) is 13.2. The molecule has 1 amide bonds. The second kappa shape index (κ2) is 15.5. The molecule has 3 aromatic carbocycles. The molecule has 46 heavy (non-hydrogen) atoms. The number of nitrogens with one attached hydrogen (secondary N) is 2. The standard InChI is InChI=1S/C36H42FN5O4/c1-5-10-26-13-15-31(32(21-26)44-4)46-35-28(34(43)40-33-24(2)11-9-12-25(33)3)23-38-36(41-35)39-27-14-16-30(29(37)22-27)45-20-19-42-17-7-6-8-18-42/h9,11-16,21-23H,5-8,10,17-20H2,1-4H3,(H,40,43)(H,38,39,41). The van der Waals surface area contributed by atoms with Crippen molar-refractivity contribution >= 4 is 23.2 Å². The molecule has 4 aromatic rings. The number of para-hydroxylation sites is 1. The second-order valence-electron chi connectivity index (χ2n) is 11.5. The van der Waals surface area contributed by atoms with Crippen LogP contribution in [0.3, 0.4) is 0 Å². The number of likely N-dealkylation sites (tertiary alicyclic amines) is 1. The summed E-state index contributed by atoms with van der Waals surface area (Å²) in [5.74, 6) is 0.298. The molecule has 9 nitrogen and oxygen atoms in total. The van der Waals surface area contributed by atoms with Crippen molar-refractivity contribution in [2.75, 3.05) is 44.0 Å². The summed E-state index contributed by atoms with van der Waals surface area (Å²) in [6.45, 7) is 9.27. The van der Waals surface area contributed by atoms with E-state index in [0.29, 0.717) is 29.5 Å². The monoisotopic (exact) mass is 627 g/mol. The van der Waals surface area contributed by atoms with E-state index in [2.05, 4.69) is 32.4 Å². The van der Waals surface area contributed by atoms with E-state index in [4.69, 9.17) is 14.2 Å². The van der Waals surface area contributed by atoms with Crippen LogP contribution in [0.4, 0.5) is 21.7 Å². The summed E-state index contributed by atoms with van der Waals surface area (Å²) in [5, 5.41) is 6.00. The Bertz CT molecular complexity index is 1640. The molecule has 2 heterocycles. The molecule has 0 spiro atoms. The zero-order valence-electron chi connectivity index (χ0n) is 27.0. The number of anilines is 3. The summed E-state index contributed by atoms with van der Waals surface area (Å²) in [4.78, 5) is 24.8. The van der Waals surface area contributed by atoms with Crippen LogP contribution in [-0.2, 0) is 6.42 Å². The third kappa shape index (κ3) is 8.31. The second-order valence-corrected chi connectivity index (χ2v) is 11.5. The Labute approximate surface area is 270 Å². The maximum absolute atomic E-state index is 15.0. The minimum Gasteiger partial charge on any atom is -0.493 e. The smallest absolute Gasteiger partial charge is 0.262 e. The summed E-state index contributed by atoms with van der Waals surface area (Å²) in [7, 11) is 1.56. The fraction of sp³-hybridized carbons (Fsp3) is 0.361. The van der Waals surface area contributed by atoms with Gasteiger partial charge in [0, 0.05) is 30.2 Å². The number of benzene rings is 3. The Kier molecular flexibility index (Phi) is 11.0. The number of aromatic nitrogens is 2. The molecule has 10 heteroatoms. The molecule has 1 aliphatic heterocycles. The molecule has 242 valence electrons. The summed E-state index contributed by atoms with van der Waals surface area (Å²) in [5.41, 5.74) is 4.19. The number of aryl methyl sites for hydroxylation is 3. The number of methoxy groups -OCH3 is 1. The summed E-state index contributed by atoms with van der Waals surface area (Å²) in [6.07, 6.45) is 6.92. The SMILES string of the molecule is CCCc1ccc(Oc2nc(Nc3ccc(OCCN4CCCCC4)c(F)c3)ncc2C(=O)Nc2c(C)cccc2C)c(OC)c1. The van der Waals surface area contributed by atoms with Crippen molar-refractivity contribution in [3.05, 3.63) is 88.9 Å². The third-order valence-corrected chi connectivity index (χ3v) is 7.99. The number of halogens is 1. The van der Waals surface area contributed by atoms with Gasteiger partial charge in [0.25, 0.3) is 5.91 Å². The van der Waals surface area contributed by atoms with Crippen LogP contribution in [-0.4, -0.2) is 54.1 Å². The number of rotatable bonds is 13. The zero-order valence-corrected chi connectivity index (χ0v) is 27.0. The molecule has 1 aromatic heterocycles. The summed E-state index contributed by atoms with van der Waals surface area (Å²) in [6, 6.07) is 16.1. The maximum atomic E-state index is 15.0. The van der Waals surface area contributed by atoms with Gasteiger partial charge in [-0.05, 0) is 87.2 Å². The lowest BCUT2D eigenvalue weighted by atomic mass is 10.1. The van der Waals surface area contributed by atoms with E-state index >= 15 is 0 Å². The number of hydrogen-bond acceptors (Lipinski definition) is 8. The van der Waals surface area contributed by atoms with E-state index in [1.54, 1.807) is 25.3 Å². The highest BCUT2D eigenvalue weighted by Crippen LogP contribution is 2.34. The van der Waals surface area contributed by atoms with Crippen molar-refractivity contribution in [3.63, 3.8) is 0 Å². The molecule has 1 saturated heterocycles. The van der Waals surface area contributed by atoms with Gasteiger partial charge in [-0.2, -0.15) is 4.98 Å². The average molecular weight is 628 g/mol. The summed E-state index contributed by atoms with van der Waals surface area (Å²) >= 11 is 0. The fourth-order valence-electron chi connectivity index (χ4n) is 5.49. The van der Waals surface area contributed by atoms with Gasteiger partial charge in [-0.15, -0.1) is 0 Å². The zero-order chi connectivity index (χ0) is 32.5. The van der Waals surface area contributed by atoms with E-state index in [1.807, 2.05) is 44.2 Å². The molecule has 2 N–H and O–H groups in total. The molecule has 0 radical (unpaired) electrons. The van der Waals surface area contributed by atoms with Gasteiger partial charge in [0.15, 0.2) is 23.1 Å². The van der Waals surface area contributed by atoms with Gasteiger partial charge in [0.1, 0.15) is 12.2 Å². The van der Waals surface area contributed by atoms with Crippen LogP contribution in [0.2, 0.25) is 0 Å². The molecular formula is C36H42FN5O4. The predicted molar refractivity (Wildman–Crippen MR) is 178 cm³/mol. The van der Waals surface area contributed by atoms with E-state index in [-0.39, 0.29) is 23.1 Å². The number of carbonyl (C=O) groups excluding carboxylic acids is 1. The van der Waals surface area contributed by atoms with Crippen molar-refractivity contribution < 1.29 is 23.4 Å². The molecule has 0 saturated carbocycles. The van der Waals surface area contributed by atoms with E-state index < -0.39 is 11.7 Å². The molecular weight excluding hydrogens is 585 g/mol. The van der Waals surface area contributed by atoms with Crippen LogP contribution < -0.4 is 24.8 Å². The minimum atomic E-state index is -0.498. The van der Waals surface area contributed by atoms with Crippen molar-refractivity contribution in [2.24, 2.45) is 0 Å². The minimum absolute atomic E-state index is 0.0147. The predicted octanol–water partition coefficient (Wildman–Crippen LogP) is 7.85. The van der Waals surface area contributed by atoms with Crippen molar-refractivity contribution in [1.29, 1.82) is 0 Å². The topological polar surface area (TPSA) is 97.8 Å². The van der Waals surface area contributed by atoms with Crippen molar-refractivity contribution in [3.8, 4) is 23.1 Å². The lowest BCUT2D eigenvalue weighted by Crippen LogP contribution is -2.33. The first-order valence-electron chi connectivity index (χ1n) is 15.9. The Balaban J connectivity index is 1.37. The van der Waals surface area contributed by atoms with Gasteiger partial charge in [-0.1, -0.05) is 44.0 Å². The summed E-state index contributed by atoms with van der Waals surface area (Å²) < 4.78 is 32.5. The van der Waals surface area contributed by atoms with E-state index in [0.717, 1.165) is 49.2 Å². The first-order valence-corrected chi connectivity index (χ1v) is 15.9. The molecule has 1 fully saturated rings. The van der Waals surface area contributed by atoms with E-state index in [1.165, 1.54) is 31.5 Å². The number of carbonyl (C=O) groups is 1. The lowest BCUT2D eigenvalue weighted by Gasteiger charge is -2.26. The number of ether oxygens (including phenoxy) is 3. The van der Waals surface area contributed by atoms with Gasteiger partial charge in [-0.3, -0.25) is 9.69 Å². The quantitative estimate of drug-likeness (QED) is 0.155. The first-order chi connectivity index (χ1) is 22.3. The van der Waals surface area contributed by atoms with Crippen molar-refractivity contribution in [1.82, 2.24) is 14.9 Å². The Hall–Kier alpha value is -4.70. The van der Waals surface area contributed by atoms with Gasteiger partial charge >= 0.3 is 0 Å². The molecule has 0 bridgehead atoms. The molecule has 0 unspecified atom stereocenters. The largest absolute Gasteiger partial charge is 0.493 e. The average Bonchev–Trinajstić information content (AvgIpc) is 3.05. The Morgan fingerprint density at radius 1 is 0.978 bits per heavy atom. The van der Waals surface area contributed by atoms with Gasteiger partial charge in [0.2, 0.25) is 11.8 Å². The molecule has 0 atom stereocenters. The number of amides is 1. The van der Waals surface area contributed by atoms with Crippen molar-refractivity contribution in [2.45, 2.75) is 52.9 Å². The highest BCUT2D eigenvalue weighted by molar-refractivity contribution is 6.06. The highest BCUT2D eigenvalue weighted by atomic mass is 19.1. The maximum Gasteiger partial charge on any atom is 0.262 e. The molecule has 5 rings (SSSR count). The number of piperidine rings is 1. The Morgan fingerprint density at radius 3 is 2.46 bits per heavy atom. The van der Waals surface area contributed by atoms with Gasteiger partial charge < -0.3 is 24.8 Å². The number of nitrogens with zero attached hydrogens (tertiary/aromatic N) is 3. The fourth-order valence-corrected chi connectivity index (χ4v) is 5.49. The van der Waals surface area contributed by atoms with Crippen LogP contribution in [0.5, 0.6) is 23.1 Å². The van der Waals surface area contributed by atoms with Crippen LogP contribution in [0, 0.1) is 19.7 Å². The lowest BCUT2D eigenvalue weighted by molar-refractivity contribution is 0.102.